The smallest absolute Gasteiger partial charge is 0.243 e. The molecule has 0 radical (unpaired) electrons. The highest BCUT2D eigenvalue weighted by Crippen LogP contribution is 2.41. The van der Waals surface area contributed by atoms with E-state index in [4.69, 9.17) is 0 Å². The van der Waals surface area contributed by atoms with Crippen LogP contribution in [-0.4, -0.2) is 48.5 Å². The van der Waals surface area contributed by atoms with Gasteiger partial charge in [0.05, 0.1) is 22.5 Å². The number of rotatable bonds is 2. The van der Waals surface area contributed by atoms with Gasteiger partial charge in [-0.15, -0.1) is 0 Å². The fourth-order valence-electron chi connectivity index (χ4n) is 3.95. The molecule has 3 heterocycles. The molecule has 2 aliphatic rings. The maximum Gasteiger partial charge on any atom is 0.243 e. The molecule has 8 heteroatoms. The highest BCUT2D eigenvalue weighted by atomic mass is 32.2. The first-order valence-corrected chi connectivity index (χ1v) is 10.2. The molecule has 0 unspecified atom stereocenters. The molecule has 0 aliphatic carbocycles. The van der Waals surface area contributed by atoms with E-state index in [1.807, 2.05) is 17.7 Å². The van der Waals surface area contributed by atoms with E-state index in [1.54, 1.807) is 42.3 Å². The Balaban J connectivity index is 1.62. The number of sulfonamides is 1. The zero-order chi connectivity index (χ0) is 18.5. The van der Waals surface area contributed by atoms with Gasteiger partial charge in [-0.2, -0.15) is 9.40 Å². The summed E-state index contributed by atoms with van der Waals surface area (Å²) < 4.78 is 29.2. The predicted molar refractivity (Wildman–Crippen MR) is 97.4 cm³/mol. The Labute approximate surface area is 153 Å². The molecule has 26 heavy (non-hydrogen) atoms. The van der Waals surface area contributed by atoms with Crippen molar-refractivity contribution in [2.24, 2.45) is 0 Å². The Morgan fingerprint density at radius 1 is 1.12 bits per heavy atom. The van der Waals surface area contributed by atoms with E-state index in [9.17, 15) is 13.2 Å². The van der Waals surface area contributed by atoms with Crippen molar-refractivity contribution in [3.8, 4) is 0 Å². The molecule has 1 aromatic heterocycles. The third-order valence-electron chi connectivity index (χ3n) is 5.49. The second-order valence-electron chi connectivity index (χ2n) is 7.13. The highest BCUT2D eigenvalue weighted by molar-refractivity contribution is 7.89. The topological polar surface area (TPSA) is 75.5 Å². The summed E-state index contributed by atoms with van der Waals surface area (Å²) in [7, 11) is -1.74. The van der Waals surface area contributed by atoms with Gasteiger partial charge in [0.15, 0.2) is 0 Å². The molecule has 4 rings (SSSR count). The Morgan fingerprint density at radius 3 is 2.42 bits per heavy atom. The van der Waals surface area contributed by atoms with Crippen molar-refractivity contribution in [3.05, 3.63) is 42.1 Å². The van der Waals surface area contributed by atoms with Crippen molar-refractivity contribution in [1.29, 1.82) is 0 Å². The predicted octanol–water partition coefficient (Wildman–Crippen LogP) is 1.74. The number of carbonyl (C=O) groups excluding carboxylic acids is 1. The summed E-state index contributed by atoms with van der Waals surface area (Å²) >= 11 is 0. The molecule has 1 amide bonds. The van der Waals surface area contributed by atoms with E-state index >= 15 is 0 Å². The van der Waals surface area contributed by atoms with Crippen LogP contribution in [0.5, 0.6) is 0 Å². The number of carbonyl (C=O) groups is 1. The Hall–Kier alpha value is -2.19. The minimum atomic E-state index is -3.51. The normalized spacial score (nSPS) is 20.4. The van der Waals surface area contributed by atoms with Crippen LogP contribution in [0.25, 0.3) is 0 Å². The summed E-state index contributed by atoms with van der Waals surface area (Å²) in [6.07, 6.45) is 1.51. The molecular weight excluding hydrogens is 352 g/mol. The average molecular weight is 374 g/mol. The fourth-order valence-corrected chi connectivity index (χ4v) is 5.41. The van der Waals surface area contributed by atoms with E-state index < -0.39 is 15.6 Å². The quantitative estimate of drug-likeness (QED) is 0.802. The van der Waals surface area contributed by atoms with Crippen LogP contribution in [0.3, 0.4) is 0 Å². The lowest BCUT2D eigenvalue weighted by Crippen LogP contribution is -2.54. The SMILES string of the molecule is Cc1cc2n(n1)C1(CCN(S(=O)(=O)c3ccccc3)CC1)CC(=O)N2C. The van der Waals surface area contributed by atoms with E-state index in [0.717, 1.165) is 11.5 Å². The summed E-state index contributed by atoms with van der Waals surface area (Å²) in [4.78, 5) is 14.4. The Bertz CT molecular complexity index is 944. The van der Waals surface area contributed by atoms with Gasteiger partial charge in [-0.3, -0.25) is 4.79 Å². The van der Waals surface area contributed by atoms with Crippen molar-refractivity contribution in [3.63, 3.8) is 0 Å². The minimum Gasteiger partial charge on any atom is -0.300 e. The average Bonchev–Trinajstić information content (AvgIpc) is 3.04. The molecule has 0 N–H and O–H groups in total. The lowest BCUT2D eigenvalue weighted by atomic mass is 9.83. The van der Waals surface area contributed by atoms with Gasteiger partial charge in [-0.05, 0) is 31.9 Å². The summed E-state index contributed by atoms with van der Waals surface area (Å²) in [5.41, 5.74) is 0.427. The fraction of sp³-hybridized carbons (Fsp3) is 0.444. The molecule has 0 atom stereocenters. The van der Waals surface area contributed by atoms with Gasteiger partial charge in [0, 0.05) is 26.2 Å². The van der Waals surface area contributed by atoms with Crippen molar-refractivity contribution < 1.29 is 13.2 Å². The summed E-state index contributed by atoms with van der Waals surface area (Å²) in [6, 6.07) is 10.4. The Kier molecular flexibility index (Phi) is 3.92. The van der Waals surface area contributed by atoms with Crippen LogP contribution >= 0.6 is 0 Å². The molecule has 138 valence electrons. The number of hydrogen-bond acceptors (Lipinski definition) is 4. The lowest BCUT2D eigenvalue weighted by molar-refractivity contribution is -0.122. The maximum absolute atomic E-state index is 12.9. The molecular formula is C18H22N4O3S. The third-order valence-corrected chi connectivity index (χ3v) is 7.41. The van der Waals surface area contributed by atoms with Gasteiger partial charge in [0.1, 0.15) is 5.82 Å². The van der Waals surface area contributed by atoms with Crippen molar-refractivity contribution in [2.45, 2.75) is 36.6 Å². The molecule has 2 aromatic rings. The third kappa shape index (κ3) is 2.55. The summed E-state index contributed by atoms with van der Waals surface area (Å²) in [5.74, 6) is 0.842. The second kappa shape index (κ2) is 5.92. The standard InChI is InChI=1S/C18H22N4O3S/c1-14-12-16-20(2)17(23)13-18(22(16)19-14)8-10-21(11-9-18)26(24,25)15-6-4-3-5-7-15/h3-7,12H,8-11,13H2,1-2H3. The highest BCUT2D eigenvalue weighted by Gasteiger charge is 2.46. The number of hydrogen-bond donors (Lipinski definition) is 0. The first-order valence-electron chi connectivity index (χ1n) is 8.72. The zero-order valence-corrected chi connectivity index (χ0v) is 15.7. The van der Waals surface area contributed by atoms with E-state index in [1.165, 1.54) is 4.31 Å². The van der Waals surface area contributed by atoms with Gasteiger partial charge >= 0.3 is 0 Å². The molecule has 2 aliphatic heterocycles. The number of aryl methyl sites for hydroxylation is 1. The van der Waals surface area contributed by atoms with Crippen molar-refractivity contribution in [1.82, 2.24) is 14.1 Å². The van der Waals surface area contributed by atoms with E-state index in [2.05, 4.69) is 5.10 Å². The molecule has 1 spiro atoms. The summed E-state index contributed by atoms with van der Waals surface area (Å²) in [5, 5.41) is 4.61. The van der Waals surface area contributed by atoms with Gasteiger partial charge in [0.25, 0.3) is 0 Å². The number of nitrogens with zero attached hydrogens (tertiary/aromatic N) is 4. The molecule has 0 bridgehead atoms. The molecule has 1 fully saturated rings. The van der Waals surface area contributed by atoms with Crippen LogP contribution < -0.4 is 4.90 Å². The van der Waals surface area contributed by atoms with Crippen molar-refractivity contribution in [2.75, 3.05) is 25.0 Å². The lowest BCUT2D eigenvalue weighted by Gasteiger charge is -2.45. The monoisotopic (exact) mass is 374 g/mol. The van der Waals surface area contributed by atoms with Crippen LogP contribution in [0, 0.1) is 6.92 Å². The largest absolute Gasteiger partial charge is 0.300 e. The van der Waals surface area contributed by atoms with Crippen molar-refractivity contribution >= 4 is 21.7 Å². The number of piperidine rings is 1. The first kappa shape index (κ1) is 17.2. The van der Waals surface area contributed by atoms with Gasteiger partial charge in [0.2, 0.25) is 15.9 Å². The molecule has 0 saturated carbocycles. The van der Waals surface area contributed by atoms with Gasteiger partial charge in [-0.25, -0.2) is 13.1 Å². The maximum atomic E-state index is 12.9. The summed E-state index contributed by atoms with van der Waals surface area (Å²) in [6.45, 7) is 2.67. The number of anilines is 1. The van der Waals surface area contributed by atoms with Crippen LogP contribution in [0.2, 0.25) is 0 Å². The van der Waals surface area contributed by atoms with Gasteiger partial charge in [-0.1, -0.05) is 18.2 Å². The van der Waals surface area contributed by atoms with Crippen LogP contribution in [0.4, 0.5) is 5.82 Å². The zero-order valence-electron chi connectivity index (χ0n) is 14.9. The number of fused-ring (bicyclic) bond motifs is 2. The number of benzene rings is 1. The molecule has 7 nitrogen and oxygen atoms in total. The Morgan fingerprint density at radius 2 is 1.77 bits per heavy atom. The molecule has 1 aromatic carbocycles. The molecule has 1 saturated heterocycles. The first-order chi connectivity index (χ1) is 12.3. The van der Waals surface area contributed by atoms with Gasteiger partial charge < -0.3 is 4.90 Å². The van der Waals surface area contributed by atoms with E-state index in [-0.39, 0.29) is 5.91 Å². The number of aromatic nitrogens is 2. The minimum absolute atomic E-state index is 0.0526. The van der Waals surface area contributed by atoms with Crippen LogP contribution in [-0.2, 0) is 20.4 Å². The second-order valence-corrected chi connectivity index (χ2v) is 9.06. The number of amides is 1. The van der Waals surface area contributed by atoms with Crippen LogP contribution in [0.1, 0.15) is 25.0 Å². The van der Waals surface area contributed by atoms with E-state index in [0.29, 0.717) is 37.2 Å². The van der Waals surface area contributed by atoms with Crippen LogP contribution in [0.15, 0.2) is 41.3 Å².